The Bertz CT molecular complexity index is 413. The molecule has 0 bridgehead atoms. The highest BCUT2D eigenvalue weighted by Gasteiger charge is 2.18. The molecule has 14 heavy (non-hydrogen) atoms. The number of nitrogen functional groups attached to an aromatic ring is 1. The molecule has 2 rings (SSSR count). The Labute approximate surface area is 80.1 Å². The summed E-state index contributed by atoms with van der Waals surface area (Å²) in [6, 6.07) is 9.06. The van der Waals surface area contributed by atoms with E-state index in [4.69, 9.17) is 5.73 Å². The van der Waals surface area contributed by atoms with E-state index in [2.05, 4.69) is 14.9 Å². The zero-order valence-electron chi connectivity index (χ0n) is 7.29. The minimum atomic E-state index is -0.887. The summed E-state index contributed by atoms with van der Waals surface area (Å²) in [5, 5.41) is 16.7. The molecule has 0 radical (unpaired) electrons. The molecule has 1 aromatic heterocycles. The maximum Gasteiger partial charge on any atom is 0.194 e. The Morgan fingerprint density at radius 2 is 1.93 bits per heavy atom. The zero-order valence-corrected chi connectivity index (χ0v) is 7.29. The van der Waals surface area contributed by atoms with Gasteiger partial charge in [0.05, 0.1) is 0 Å². The predicted octanol–water partition coefficient (Wildman–Crippen LogP) is 0.734. The maximum absolute atomic E-state index is 9.82. The van der Waals surface area contributed by atoms with Crippen molar-refractivity contribution < 1.29 is 9.74 Å². The topological polar surface area (TPSA) is 85.2 Å². The molecule has 0 amide bonds. The van der Waals surface area contributed by atoms with Gasteiger partial charge in [-0.05, 0) is 15.9 Å². The van der Waals surface area contributed by atoms with Gasteiger partial charge >= 0.3 is 0 Å². The molecule has 2 aromatic rings. The van der Waals surface area contributed by atoms with Crippen LogP contribution in [0.1, 0.15) is 17.4 Å². The summed E-state index contributed by atoms with van der Waals surface area (Å²) in [5.41, 5.74) is 6.40. The monoisotopic (exact) mass is 191 g/mol. The highest BCUT2D eigenvalue weighted by atomic mass is 16.6. The van der Waals surface area contributed by atoms with E-state index in [1.807, 2.05) is 18.2 Å². The molecule has 0 spiro atoms. The molecule has 5 nitrogen and oxygen atoms in total. The minimum absolute atomic E-state index is 0.112. The van der Waals surface area contributed by atoms with Crippen molar-refractivity contribution in [2.24, 2.45) is 0 Å². The van der Waals surface area contributed by atoms with Gasteiger partial charge in [0, 0.05) is 0 Å². The smallest absolute Gasteiger partial charge is 0.194 e. The van der Waals surface area contributed by atoms with E-state index in [9.17, 15) is 5.11 Å². The predicted molar refractivity (Wildman–Crippen MR) is 49.2 cm³/mol. The number of aliphatic hydroxyl groups excluding tert-OH is 1. The highest BCUT2D eigenvalue weighted by Crippen LogP contribution is 2.22. The highest BCUT2D eigenvalue weighted by molar-refractivity contribution is 5.38. The van der Waals surface area contributed by atoms with E-state index in [0.717, 1.165) is 0 Å². The third kappa shape index (κ3) is 1.45. The summed E-state index contributed by atoms with van der Waals surface area (Å²) < 4.78 is 4.40. The number of nitrogens with zero attached hydrogens (tertiary/aromatic N) is 2. The van der Waals surface area contributed by atoms with Crippen LogP contribution in [0.3, 0.4) is 0 Å². The number of benzene rings is 1. The molecule has 3 N–H and O–H groups in total. The molecule has 0 aliphatic heterocycles. The van der Waals surface area contributed by atoms with Gasteiger partial charge in [-0.3, -0.25) is 0 Å². The molecule has 0 saturated heterocycles. The Hall–Kier alpha value is -1.88. The summed E-state index contributed by atoms with van der Waals surface area (Å²) in [6.07, 6.45) is -0.887. The van der Waals surface area contributed by atoms with Crippen molar-refractivity contribution in [3.8, 4) is 0 Å². The number of hydrogen-bond acceptors (Lipinski definition) is 5. The second kappa shape index (κ2) is 3.47. The second-order valence-electron chi connectivity index (χ2n) is 2.85. The summed E-state index contributed by atoms with van der Waals surface area (Å²) in [4.78, 5) is 0. The van der Waals surface area contributed by atoms with Crippen LogP contribution in [-0.4, -0.2) is 15.4 Å². The van der Waals surface area contributed by atoms with E-state index >= 15 is 0 Å². The van der Waals surface area contributed by atoms with Crippen LogP contribution >= 0.6 is 0 Å². The normalized spacial score (nSPS) is 12.6. The van der Waals surface area contributed by atoms with Crippen LogP contribution in [0.2, 0.25) is 0 Å². The molecule has 72 valence electrons. The molecular formula is C9H9N3O2. The molecule has 1 atom stereocenters. The van der Waals surface area contributed by atoms with Gasteiger partial charge < -0.3 is 10.8 Å². The number of nitrogens with two attached hydrogens (primary N) is 1. The van der Waals surface area contributed by atoms with Crippen LogP contribution < -0.4 is 5.73 Å². The Morgan fingerprint density at radius 1 is 1.21 bits per heavy atom. The standard InChI is InChI=1S/C9H9N3O2/c10-9-7(11-14-12-9)8(13)6-4-2-1-3-5-6/h1-5,8,13H,(H2,10,12). The molecule has 1 heterocycles. The first-order valence-corrected chi connectivity index (χ1v) is 4.10. The lowest BCUT2D eigenvalue weighted by Gasteiger charge is -2.06. The largest absolute Gasteiger partial charge is 0.382 e. The van der Waals surface area contributed by atoms with Crippen LogP contribution in [0, 0.1) is 0 Å². The first kappa shape index (κ1) is 8.71. The van der Waals surface area contributed by atoms with Crippen LogP contribution in [-0.2, 0) is 0 Å². The minimum Gasteiger partial charge on any atom is -0.382 e. The van der Waals surface area contributed by atoms with Gasteiger partial charge in [-0.1, -0.05) is 30.3 Å². The van der Waals surface area contributed by atoms with E-state index in [1.165, 1.54) is 0 Å². The lowest BCUT2D eigenvalue weighted by atomic mass is 10.1. The van der Waals surface area contributed by atoms with Crippen molar-refractivity contribution in [3.05, 3.63) is 41.6 Å². The third-order valence-electron chi connectivity index (χ3n) is 1.92. The van der Waals surface area contributed by atoms with Gasteiger partial charge in [0.1, 0.15) is 6.10 Å². The number of hydrogen-bond donors (Lipinski definition) is 2. The molecule has 1 aromatic carbocycles. The van der Waals surface area contributed by atoms with Gasteiger partial charge in [-0.25, -0.2) is 4.63 Å². The van der Waals surface area contributed by atoms with Crippen LogP contribution in [0.4, 0.5) is 5.82 Å². The van der Waals surface area contributed by atoms with Crippen LogP contribution in [0.15, 0.2) is 35.0 Å². The van der Waals surface area contributed by atoms with Crippen molar-refractivity contribution in [1.82, 2.24) is 10.3 Å². The van der Waals surface area contributed by atoms with Gasteiger partial charge in [-0.15, -0.1) is 0 Å². The fraction of sp³-hybridized carbons (Fsp3) is 0.111. The molecule has 0 saturated carbocycles. The Morgan fingerprint density at radius 3 is 2.50 bits per heavy atom. The maximum atomic E-state index is 9.82. The van der Waals surface area contributed by atoms with Crippen molar-refractivity contribution >= 4 is 5.82 Å². The number of aromatic nitrogens is 2. The summed E-state index contributed by atoms with van der Waals surface area (Å²) in [7, 11) is 0. The van der Waals surface area contributed by atoms with Gasteiger partial charge in [0.2, 0.25) is 0 Å². The number of rotatable bonds is 2. The average Bonchev–Trinajstić information content (AvgIpc) is 2.65. The van der Waals surface area contributed by atoms with E-state index in [0.29, 0.717) is 5.56 Å². The summed E-state index contributed by atoms with van der Waals surface area (Å²) in [5.74, 6) is 0.112. The second-order valence-corrected chi connectivity index (χ2v) is 2.85. The SMILES string of the molecule is Nc1nonc1C(O)c1ccccc1. The van der Waals surface area contributed by atoms with Crippen molar-refractivity contribution in [1.29, 1.82) is 0 Å². The number of anilines is 1. The first-order valence-electron chi connectivity index (χ1n) is 4.10. The lowest BCUT2D eigenvalue weighted by Crippen LogP contribution is -2.03. The zero-order chi connectivity index (χ0) is 9.97. The van der Waals surface area contributed by atoms with Crippen LogP contribution in [0.5, 0.6) is 0 Å². The molecule has 0 aliphatic carbocycles. The van der Waals surface area contributed by atoms with Crippen molar-refractivity contribution in [2.75, 3.05) is 5.73 Å². The van der Waals surface area contributed by atoms with Crippen molar-refractivity contribution in [3.63, 3.8) is 0 Å². The Kier molecular flexibility index (Phi) is 2.16. The van der Waals surface area contributed by atoms with E-state index in [-0.39, 0.29) is 11.5 Å². The quantitative estimate of drug-likeness (QED) is 0.731. The number of aliphatic hydroxyl groups is 1. The summed E-state index contributed by atoms with van der Waals surface area (Å²) >= 11 is 0. The molecular weight excluding hydrogens is 182 g/mol. The third-order valence-corrected chi connectivity index (χ3v) is 1.92. The van der Waals surface area contributed by atoms with Gasteiger partial charge in [-0.2, -0.15) is 0 Å². The average molecular weight is 191 g/mol. The molecule has 0 fully saturated rings. The van der Waals surface area contributed by atoms with Gasteiger partial charge in [0.25, 0.3) is 0 Å². The van der Waals surface area contributed by atoms with E-state index < -0.39 is 6.10 Å². The molecule has 0 aliphatic rings. The van der Waals surface area contributed by atoms with Crippen LogP contribution in [0.25, 0.3) is 0 Å². The fourth-order valence-corrected chi connectivity index (χ4v) is 1.19. The van der Waals surface area contributed by atoms with Gasteiger partial charge in [0.15, 0.2) is 11.5 Å². The fourth-order valence-electron chi connectivity index (χ4n) is 1.19. The lowest BCUT2D eigenvalue weighted by molar-refractivity contribution is 0.204. The summed E-state index contributed by atoms with van der Waals surface area (Å²) in [6.45, 7) is 0. The van der Waals surface area contributed by atoms with E-state index in [1.54, 1.807) is 12.1 Å². The van der Waals surface area contributed by atoms with Crippen molar-refractivity contribution in [2.45, 2.75) is 6.10 Å². The molecule has 5 heteroatoms. The Balaban J connectivity index is 2.34. The first-order chi connectivity index (χ1) is 6.79. The molecule has 1 unspecified atom stereocenters.